The van der Waals surface area contributed by atoms with Crippen molar-refractivity contribution in [1.82, 2.24) is 0 Å². The molecule has 33 heavy (non-hydrogen) atoms. The molecule has 8 nitrogen and oxygen atoms in total. The van der Waals surface area contributed by atoms with Crippen molar-refractivity contribution in [3.05, 3.63) is 64.9 Å². The zero-order valence-corrected chi connectivity index (χ0v) is 18.2. The van der Waals surface area contributed by atoms with E-state index < -0.39 is 37.1 Å². The second-order valence-electron chi connectivity index (χ2n) is 8.61. The number of ether oxygens (including phenoxy) is 1. The molecule has 2 heterocycles. The van der Waals surface area contributed by atoms with E-state index in [1.165, 1.54) is 6.07 Å². The fourth-order valence-electron chi connectivity index (χ4n) is 4.44. The minimum absolute atomic E-state index is 0.0126. The maximum Gasteiger partial charge on any atom is 0.167 e. The van der Waals surface area contributed by atoms with Crippen LogP contribution in [0.15, 0.2) is 47.1 Å². The topological polar surface area (TPSA) is 141 Å². The molecule has 1 fully saturated rings. The number of benzene rings is 2. The van der Waals surface area contributed by atoms with Crippen LogP contribution in [0.1, 0.15) is 33.5 Å². The number of aliphatic hydroxyl groups excluding tert-OH is 4. The van der Waals surface area contributed by atoms with E-state index in [9.17, 15) is 30.3 Å². The van der Waals surface area contributed by atoms with Gasteiger partial charge in [-0.3, -0.25) is 4.79 Å². The van der Waals surface area contributed by atoms with Crippen molar-refractivity contribution >= 4 is 16.8 Å². The lowest BCUT2D eigenvalue weighted by Gasteiger charge is -2.40. The fourth-order valence-corrected chi connectivity index (χ4v) is 4.44. The number of ketones is 1. The summed E-state index contributed by atoms with van der Waals surface area (Å²) in [5.74, 6) is -0.427. The highest BCUT2D eigenvalue weighted by atomic mass is 16.5. The van der Waals surface area contributed by atoms with Crippen LogP contribution in [0.5, 0.6) is 5.75 Å². The Morgan fingerprint density at radius 2 is 1.76 bits per heavy atom. The predicted molar refractivity (Wildman–Crippen MR) is 119 cm³/mol. The molecule has 0 bridgehead atoms. The normalized spacial score (nSPS) is 25.4. The first-order valence-corrected chi connectivity index (χ1v) is 10.9. The molecule has 4 rings (SSSR count). The zero-order chi connectivity index (χ0) is 23.7. The Hall–Kier alpha value is -2.75. The van der Waals surface area contributed by atoms with Gasteiger partial charge in [-0.2, -0.15) is 0 Å². The van der Waals surface area contributed by atoms with Crippen LogP contribution in [0.3, 0.4) is 0 Å². The van der Waals surface area contributed by atoms with Gasteiger partial charge in [0.1, 0.15) is 35.7 Å². The summed E-state index contributed by atoms with van der Waals surface area (Å²) >= 11 is 0. The van der Waals surface area contributed by atoms with Gasteiger partial charge in [0.2, 0.25) is 0 Å². The Balaban J connectivity index is 1.55. The van der Waals surface area contributed by atoms with E-state index in [2.05, 4.69) is 0 Å². The van der Waals surface area contributed by atoms with Gasteiger partial charge in [0, 0.05) is 18.2 Å². The Labute approximate surface area is 190 Å². The second-order valence-corrected chi connectivity index (χ2v) is 8.61. The summed E-state index contributed by atoms with van der Waals surface area (Å²) in [6.07, 6.45) is -4.16. The van der Waals surface area contributed by atoms with E-state index in [0.29, 0.717) is 17.5 Å². The van der Waals surface area contributed by atoms with Crippen molar-refractivity contribution in [2.24, 2.45) is 0 Å². The Kier molecular flexibility index (Phi) is 6.83. The third-order valence-electron chi connectivity index (χ3n) is 6.19. The summed E-state index contributed by atoms with van der Waals surface area (Å²) in [4.78, 5) is 13.1. The predicted octanol–water partition coefficient (Wildman–Crippen LogP) is 1.65. The third kappa shape index (κ3) is 4.80. The van der Waals surface area contributed by atoms with E-state index in [1.54, 1.807) is 19.3 Å². The first kappa shape index (κ1) is 23.4. The lowest BCUT2D eigenvalue weighted by Crippen LogP contribution is -2.59. The molecule has 0 radical (unpaired) electrons. The average molecular weight is 456 g/mol. The summed E-state index contributed by atoms with van der Waals surface area (Å²) in [6, 6.07) is 10.8. The number of hydrogen-bond donors (Lipinski definition) is 5. The first-order chi connectivity index (χ1) is 15.8. The maximum absolute atomic E-state index is 13.1. The zero-order valence-electron chi connectivity index (χ0n) is 18.2. The summed E-state index contributed by atoms with van der Waals surface area (Å²) in [5, 5.41) is 51.5. The van der Waals surface area contributed by atoms with Crippen molar-refractivity contribution in [2.45, 2.75) is 56.7 Å². The molecule has 1 aromatic heterocycles. The molecule has 5 atom stereocenters. The van der Waals surface area contributed by atoms with Gasteiger partial charge in [-0.1, -0.05) is 12.1 Å². The van der Waals surface area contributed by atoms with Gasteiger partial charge in [-0.15, -0.1) is 0 Å². The van der Waals surface area contributed by atoms with Crippen LogP contribution >= 0.6 is 0 Å². The van der Waals surface area contributed by atoms with E-state index in [4.69, 9.17) is 9.15 Å². The van der Waals surface area contributed by atoms with E-state index >= 15 is 0 Å². The smallest absolute Gasteiger partial charge is 0.167 e. The molecular weight excluding hydrogens is 428 g/mol. The molecule has 5 unspecified atom stereocenters. The van der Waals surface area contributed by atoms with Gasteiger partial charge in [0.25, 0.3) is 0 Å². The van der Waals surface area contributed by atoms with Crippen LogP contribution < -0.4 is 0 Å². The van der Waals surface area contributed by atoms with Crippen molar-refractivity contribution in [3.63, 3.8) is 0 Å². The highest BCUT2D eigenvalue weighted by molar-refractivity contribution is 6.00. The standard InChI is InChI=1S/C25H28O8/c1-13-8-16(11-20-23(29)25(31)24(30)21(12-26)33-20)22(18(28)9-13)17(27)4-2-14-3-5-19-15(10-14)6-7-32-19/h3,5-10,20-21,23-26,28-31H,2,4,11-12H2,1H3. The van der Waals surface area contributed by atoms with Gasteiger partial charge in [-0.25, -0.2) is 0 Å². The lowest BCUT2D eigenvalue weighted by molar-refractivity contribution is -0.228. The highest BCUT2D eigenvalue weighted by Gasteiger charge is 2.43. The number of furan rings is 1. The molecule has 1 aliphatic heterocycles. The molecule has 8 heteroatoms. The van der Waals surface area contributed by atoms with Crippen molar-refractivity contribution < 1.29 is 39.5 Å². The number of aromatic hydroxyl groups is 1. The van der Waals surface area contributed by atoms with Gasteiger partial charge in [-0.05, 0) is 54.3 Å². The summed E-state index contributed by atoms with van der Waals surface area (Å²) < 4.78 is 10.9. The molecule has 1 aliphatic rings. The molecule has 5 N–H and O–H groups in total. The highest BCUT2D eigenvalue weighted by Crippen LogP contribution is 2.30. The molecule has 2 aromatic carbocycles. The van der Waals surface area contributed by atoms with Gasteiger partial charge in [0.15, 0.2) is 5.78 Å². The molecule has 3 aromatic rings. The number of fused-ring (bicyclic) bond motifs is 1. The Morgan fingerprint density at radius 3 is 2.52 bits per heavy atom. The quantitative estimate of drug-likeness (QED) is 0.338. The number of hydrogen-bond acceptors (Lipinski definition) is 8. The Morgan fingerprint density at radius 1 is 1.00 bits per heavy atom. The minimum Gasteiger partial charge on any atom is -0.507 e. The molecule has 1 saturated heterocycles. The SMILES string of the molecule is Cc1cc(O)c(C(=O)CCc2ccc3occc3c2)c(CC2OC(CO)C(O)C(O)C2O)c1. The summed E-state index contributed by atoms with van der Waals surface area (Å²) in [6.45, 7) is 1.23. The molecular formula is C25H28O8. The Bertz CT molecular complexity index is 1130. The molecule has 176 valence electrons. The van der Waals surface area contributed by atoms with Crippen LogP contribution in [-0.4, -0.2) is 68.4 Å². The average Bonchev–Trinajstić information content (AvgIpc) is 3.25. The molecule has 0 aliphatic carbocycles. The van der Waals surface area contributed by atoms with Crippen molar-refractivity contribution in [3.8, 4) is 5.75 Å². The number of Topliss-reactive ketones (excluding diaryl/α,β-unsaturated/α-hetero) is 1. The molecule has 0 saturated carbocycles. The lowest BCUT2D eigenvalue weighted by atomic mass is 9.88. The molecule has 0 amide bonds. The van der Waals surface area contributed by atoms with Gasteiger partial charge >= 0.3 is 0 Å². The maximum atomic E-state index is 13.1. The summed E-state index contributed by atoms with van der Waals surface area (Å²) in [5.41, 5.74) is 3.05. The third-order valence-corrected chi connectivity index (χ3v) is 6.19. The van der Waals surface area contributed by atoms with E-state index in [-0.39, 0.29) is 29.9 Å². The number of aliphatic hydroxyl groups is 4. The number of rotatable bonds is 7. The van der Waals surface area contributed by atoms with Gasteiger partial charge in [0.05, 0.1) is 24.5 Å². The minimum atomic E-state index is -1.50. The fraction of sp³-hybridized carbons (Fsp3) is 0.400. The van der Waals surface area contributed by atoms with Crippen LogP contribution in [0, 0.1) is 6.92 Å². The van der Waals surface area contributed by atoms with Crippen LogP contribution in [-0.2, 0) is 17.6 Å². The van der Waals surface area contributed by atoms with Crippen molar-refractivity contribution in [2.75, 3.05) is 6.61 Å². The van der Waals surface area contributed by atoms with Gasteiger partial charge < -0.3 is 34.7 Å². The number of carbonyl (C=O) groups is 1. The van der Waals surface area contributed by atoms with Crippen LogP contribution in [0.4, 0.5) is 0 Å². The number of aryl methyl sites for hydroxylation is 2. The monoisotopic (exact) mass is 456 g/mol. The first-order valence-electron chi connectivity index (χ1n) is 10.9. The number of phenolic OH excluding ortho intramolecular Hbond substituents is 1. The van der Waals surface area contributed by atoms with E-state index in [1.807, 2.05) is 24.3 Å². The van der Waals surface area contributed by atoms with Crippen molar-refractivity contribution in [1.29, 1.82) is 0 Å². The largest absolute Gasteiger partial charge is 0.507 e. The summed E-state index contributed by atoms with van der Waals surface area (Å²) in [7, 11) is 0. The second kappa shape index (κ2) is 9.62. The van der Waals surface area contributed by atoms with Crippen LogP contribution in [0.25, 0.3) is 11.0 Å². The van der Waals surface area contributed by atoms with E-state index in [0.717, 1.165) is 16.5 Å². The van der Waals surface area contributed by atoms with Crippen LogP contribution in [0.2, 0.25) is 0 Å². The molecule has 0 spiro atoms. The number of carbonyl (C=O) groups excluding carboxylic acids is 1. The number of phenols is 1.